The fourth-order valence-electron chi connectivity index (χ4n) is 2.38. The van der Waals surface area contributed by atoms with Crippen LogP contribution in [-0.2, 0) is 4.79 Å². The van der Waals surface area contributed by atoms with Gasteiger partial charge in [0.1, 0.15) is 5.75 Å². The Hall–Kier alpha value is -1.61. The first-order valence-corrected chi connectivity index (χ1v) is 6.25. The zero-order valence-electron chi connectivity index (χ0n) is 10.9. The van der Waals surface area contributed by atoms with Crippen LogP contribution in [-0.4, -0.2) is 36.4 Å². The molecule has 0 aromatic heterocycles. The third-order valence-corrected chi connectivity index (χ3v) is 3.27. The maximum Gasteiger partial charge on any atom is 0.163 e. The summed E-state index contributed by atoms with van der Waals surface area (Å²) in [5.41, 5.74) is 1.88. The second kappa shape index (κ2) is 5.36. The SMILES string of the molecule is CN(C)CC1CC/C(=C\c2ccc(O)cc2)C1=O. The molecule has 0 radical (unpaired) electrons. The fourth-order valence-corrected chi connectivity index (χ4v) is 2.38. The average Bonchev–Trinajstić information content (AvgIpc) is 2.64. The maximum atomic E-state index is 12.2. The number of rotatable bonds is 3. The van der Waals surface area contributed by atoms with Crippen LogP contribution >= 0.6 is 0 Å². The standard InChI is InChI=1S/C15H19NO2/c1-16(2)10-13-6-5-12(15(13)18)9-11-3-7-14(17)8-4-11/h3-4,7-9,13,17H,5-6,10H2,1-2H3/b12-9+. The van der Waals surface area contributed by atoms with Crippen LogP contribution in [0.15, 0.2) is 29.8 Å². The van der Waals surface area contributed by atoms with Crippen molar-refractivity contribution in [2.24, 2.45) is 5.92 Å². The number of Topliss-reactive ketones (excluding diaryl/α,β-unsaturated/α-hetero) is 1. The van der Waals surface area contributed by atoms with Gasteiger partial charge in [-0.3, -0.25) is 4.79 Å². The molecule has 0 saturated heterocycles. The molecule has 3 nitrogen and oxygen atoms in total. The lowest BCUT2D eigenvalue weighted by Gasteiger charge is -2.13. The number of phenols is 1. The summed E-state index contributed by atoms with van der Waals surface area (Å²) < 4.78 is 0. The number of phenolic OH excluding ortho intramolecular Hbond substituents is 1. The molecular weight excluding hydrogens is 226 g/mol. The highest BCUT2D eigenvalue weighted by Crippen LogP contribution is 2.29. The van der Waals surface area contributed by atoms with Gasteiger partial charge in [-0.1, -0.05) is 12.1 Å². The predicted molar refractivity (Wildman–Crippen MR) is 72.4 cm³/mol. The molecule has 18 heavy (non-hydrogen) atoms. The van der Waals surface area contributed by atoms with Gasteiger partial charge in [-0.15, -0.1) is 0 Å². The lowest BCUT2D eigenvalue weighted by molar-refractivity contribution is -0.118. The summed E-state index contributed by atoms with van der Waals surface area (Å²) >= 11 is 0. The summed E-state index contributed by atoms with van der Waals surface area (Å²) in [5.74, 6) is 0.667. The van der Waals surface area contributed by atoms with E-state index in [0.717, 1.165) is 30.5 Å². The Morgan fingerprint density at radius 1 is 1.33 bits per heavy atom. The van der Waals surface area contributed by atoms with Gasteiger partial charge >= 0.3 is 0 Å². The van der Waals surface area contributed by atoms with E-state index in [1.165, 1.54) is 0 Å². The molecule has 0 bridgehead atoms. The second-order valence-corrected chi connectivity index (χ2v) is 5.12. The van der Waals surface area contributed by atoms with E-state index in [9.17, 15) is 9.90 Å². The number of ketones is 1. The van der Waals surface area contributed by atoms with Crippen molar-refractivity contribution in [3.63, 3.8) is 0 Å². The number of benzene rings is 1. The van der Waals surface area contributed by atoms with E-state index in [4.69, 9.17) is 0 Å². The third kappa shape index (κ3) is 2.99. The second-order valence-electron chi connectivity index (χ2n) is 5.12. The van der Waals surface area contributed by atoms with Gasteiger partial charge in [0.05, 0.1) is 0 Å². The summed E-state index contributed by atoms with van der Waals surface area (Å²) in [5, 5.41) is 9.22. The number of hydrogen-bond acceptors (Lipinski definition) is 3. The quantitative estimate of drug-likeness (QED) is 0.831. The molecule has 3 heteroatoms. The fraction of sp³-hybridized carbons (Fsp3) is 0.400. The molecule has 0 heterocycles. The minimum atomic E-state index is 0.142. The number of allylic oxidation sites excluding steroid dienone is 1. The molecule has 1 N–H and O–H groups in total. The first-order valence-electron chi connectivity index (χ1n) is 6.25. The molecule has 0 amide bonds. The topological polar surface area (TPSA) is 40.5 Å². The Labute approximate surface area is 108 Å². The van der Waals surface area contributed by atoms with Crippen LogP contribution in [0.5, 0.6) is 5.75 Å². The van der Waals surface area contributed by atoms with Crippen molar-refractivity contribution in [1.29, 1.82) is 0 Å². The van der Waals surface area contributed by atoms with Crippen LogP contribution in [0.25, 0.3) is 6.08 Å². The van der Waals surface area contributed by atoms with E-state index in [2.05, 4.69) is 4.90 Å². The van der Waals surface area contributed by atoms with Crippen molar-refractivity contribution in [1.82, 2.24) is 4.90 Å². The summed E-state index contributed by atoms with van der Waals surface area (Å²) in [6.45, 7) is 0.825. The van der Waals surface area contributed by atoms with Gasteiger partial charge in [0.2, 0.25) is 0 Å². The van der Waals surface area contributed by atoms with E-state index in [1.807, 2.05) is 32.3 Å². The predicted octanol–water partition coefficient (Wildman–Crippen LogP) is 2.32. The van der Waals surface area contributed by atoms with Crippen molar-refractivity contribution >= 4 is 11.9 Å². The molecule has 1 aromatic carbocycles. The molecule has 1 saturated carbocycles. The molecule has 1 unspecified atom stereocenters. The first kappa shape index (κ1) is 12.8. The van der Waals surface area contributed by atoms with Crippen molar-refractivity contribution in [2.75, 3.05) is 20.6 Å². The number of aromatic hydroxyl groups is 1. The van der Waals surface area contributed by atoms with Crippen molar-refractivity contribution in [2.45, 2.75) is 12.8 Å². The molecule has 1 aromatic rings. The van der Waals surface area contributed by atoms with E-state index in [0.29, 0.717) is 0 Å². The summed E-state index contributed by atoms with van der Waals surface area (Å²) in [6, 6.07) is 6.94. The largest absolute Gasteiger partial charge is 0.508 e. The van der Waals surface area contributed by atoms with E-state index >= 15 is 0 Å². The zero-order valence-corrected chi connectivity index (χ0v) is 10.9. The molecule has 1 atom stereocenters. The van der Waals surface area contributed by atoms with Gasteiger partial charge in [0, 0.05) is 12.5 Å². The number of nitrogens with zero attached hydrogens (tertiary/aromatic N) is 1. The minimum absolute atomic E-state index is 0.142. The van der Waals surface area contributed by atoms with Crippen molar-refractivity contribution in [3.8, 4) is 5.75 Å². The van der Waals surface area contributed by atoms with E-state index in [1.54, 1.807) is 12.1 Å². The lowest BCUT2D eigenvalue weighted by Crippen LogP contribution is -2.24. The Bertz CT molecular complexity index is 460. The van der Waals surface area contributed by atoms with Crippen LogP contribution in [0.1, 0.15) is 18.4 Å². The monoisotopic (exact) mass is 245 g/mol. The van der Waals surface area contributed by atoms with E-state index < -0.39 is 0 Å². The van der Waals surface area contributed by atoms with E-state index in [-0.39, 0.29) is 17.5 Å². The van der Waals surface area contributed by atoms with Gasteiger partial charge in [-0.25, -0.2) is 0 Å². The van der Waals surface area contributed by atoms with Crippen LogP contribution in [0.2, 0.25) is 0 Å². The molecule has 1 aliphatic rings. The molecule has 0 aliphatic heterocycles. The van der Waals surface area contributed by atoms with Gasteiger partial charge in [-0.2, -0.15) is 0 Å². The van der Waals surface area contributed by atoms with Crippen LogP contribution in [0.3, 0.4) is 0 Å². The summed E-state index contributed by atoms with van der Waals surface area (Å²) in [7, 11) is 3.99. The highest BCUT2D eigenvalue weighted by Gasteiger charge is 2.29. The smallest absolute Gasteiger partial charge is 0.163 e. The molecule has 2 rings (SSSR count). The molecule has 1 aliphatic carbocycles. The van der Waals surface area contributed by atoms with Gasteiger partial charge in [0.15, 0.2) is 5.78 Å². The molecule has 1 fully saturated rings. The molecule has 96 valence electrons. The lowest BCUT2D eigenvalue weighted by atomic mass is 10.0. The van der Waals surface area contributed by atoms with Crippen LogP contribution in [0.4, 0.5) is 0 Å². The van der Waals surface area contributed by atoms with Crippen LogP contribution < -0.4 is 0 Å². The highest BCUT2D eigenvalue weighted by molar-refractivity contribution is 6.03. The third-order valence-electron chi connectivity index (χ3n) is 3.27. The van der Waals surface area contributed by atoms with Crippen molar-refractivity contribution < 1.29 is 9.90 Å². The minimum Gasteiger partial charge on any atom is -0.508 e. The zero-order chi connectivity index (χ0) is 13.1. The summed E-state index contributed by atoms with van der Waals surface area (Å²) in [4.78, 5) is 14.2. The number of carbonyl (C=O) groups excluding carboxylic acids is 1. The van der Waals surface area contributed by atoms with Gasteiger partial charge in [-0.05, 0) is 56.3 Å². The highest BCUT2D eigenvalue weighted by atomic mass is 16.3. The van der Waals surface area contributed by atoms with Gasteiger partial charge in [0.25, 0.3) is 0 Å². The van der Waals surface area contributed by atoms with Gasteiger partial charge < -0.3 is 10.0 Å². The Morgan fingerprint density at radius 2 is 2.00 bits per heavy atom. The molecule has 0 spiro atoms. The number of hydrogen-bond donors (Lipinski definition) is 1. The van der Waals surface area contributed by atoms with Crippen molar-refractivity contribution in [3.05, 3.63) is 35.4 Å². The molecular formula is C15H19NO2. The Morgan fingerprint density at radius 3 is 2.61 bits per heavy atom. The first-order chi connectivity index (χ1) is 8.56. The Kier molecular flexibility index (Phi) is 3.82. The summed E-state index contributed by atoms with van der Waals surface area (Å²) in [6.07, 6.45) is 3.75. The normalized spacial score (nSPS) is 22.1. The van der Waals surface area contributed by atoms with Crippen LogP contribution in [0, 0.1) is 5.92 Å². The Balaban J connectivity index is 2.11. The maximum absolute atomic E-state index is 12.2. The average molecular weight is 245 g/mol. The number of carbonyl (C=O) groups is 1.